The fraction of sp³-hybridized carbons (Fsp3) is 0.353. The predicted molar refractivity (Wildman–Crippen MR) is 100.0 cm³/mol. The fourth-order valence-corrected chi connectivity index (χ4v) is 2.30. The molecule has 0 unspecified atom stereocenters. The predicted octanol–water partition coefficient (Wildman–Crippen LogP) is 2.06. The van der Waals surface area contributed by atoms with E-state index in [4.69, 9.17) is 0 Å². The van der Waals surface area contributed by atoms with Crippen LogP contribution in [-0.2, 0) is 6.54 Å². The first-order valence-corrected chi connectivity index (χ1v) is 8.31. The molecule has 0 amide bonds. The number of rotatable bonds is 9. The molecule has 2 rings (SSSR count). The van der Waals surface area contributed by atoms with Gasteiger partial charge in [-0.25, -0.2) is 0 Å². The Hall–Kier alpha value is -3.03. The number of nitro groups is 1. The maximum Gasteiger partial charge on any atom is 0.292 e. The highest BCUT2D eigenvalue weighted by Crippen LogP contribution is 2.22. The average molecular weight is 344 g/mol. The second-order valence-electron chi connectivity index (χ2n) is 5.31. The third-order valence-corrected chi connectivity index (χ3v) is 3.47. The monoisotopic (exact) mass is 344 g/mol. The lowest BCUT2D eigenvalue weighted by Crippen LogP contribution is -2.39. The molecule has 0 aliphatic rings. The lowest BCUT2D eigenvalue weighted by atomic mass is 10.2. The summed E-state index contributed by atoms with van der Waals surface area (Å²) >= 11 is 0. The van der Waals surface area contributed by atoms with Crippen molar-refractivity contribution in [1.29, 1.82) is 0 Å². The van der Waals surface area contributed by atoms with Crippen molar-refractivity contribution < 1.29 is 4.92 Å². The molecule has 8 heteroatoms. The Balaban J connectivity index is 1.79. The quantitative estimate of drug-likeness (QED) is 0.213. The minimum atomic E-state index is -0.390. The Morgan fingerprint density at radius 2 is 1.92 bits per heavy atom. The van der Waals surface area contributed by atoms with Crippen molar-refractivity contribution in [2.75, 3.05) is 31.5 Å². The van der Waals surface area contributed by atoms with Gasteiger partial charge in [-0.15, -0.1) is 0 Å². The molecule has 0 saturated carbocycles. The van der Waals surface area contributed by atoms with Crippen LogP contribution in [0, 0.1) is 10.1 Å². The van der Waals surface area contributed by atoms with E-state index < -0.39 is 4.92 Å². The van der Waals surface area contributed by atoms with Crippen LogP contribution in [0.2, 0.25) is 0 Å². The lowest BCUT2D eigenvalue weighted by molar-refractivity contribution is -0.384. The maximum atomic E-state index is 11.0. The van der Waals surface area contributed by atoms with Gasteiger partial charge < -0.3 is 20.5 Å². The second kappa shape index (κ2) is 9.96. The van der Waals surface area contributed by atoms with Crippen LogP contribution >= 0.6 is 0 Å². The van der Waals surface area contributed by atoms with Gasteiger partial charge in [0.15, 0.2) is 5.96 Å². The molecule has 1 heterocycles. The molecule has 134 valence electrons. The van der Waals surface area contributed by atoms with E-state index in [0.29, 0.717) is 18.8 Å². The molecule has 3 N–H and O–H groups in total. The van der Waals surface area contributed by atoms with Crippen LogP contribution in [-0.4, -0.2) is 41.6 Å². The Kier molecular flexibility index (Phi) is 7.30. The number of hydrogen-bond acceptors (Lipinski definition) is 4. The average Bonchev–Trinajstić information content (AvgIpc) is 3.12. The number of para-hydroxylation sites is 2. The van der Waals surface area contributed by atoms with Gasteiger partial charge in [0, 0.05) is 44.6 Å². The summed E-state index contributed by atoms with van der Waals surface area (Å²) in [5, 5.41) is 20.5. The highest BCUT2D eigenvalue weighted by Gasteiger charge is 2.10. The molecule has 25 heavy (non-hydrogen) atoms. The van der Waals surface area contributed by atoms with E-state index in [1.807, 2.05) is 31.5 Å². The molecule has 8 nitrogen and oxygen atoms in total. The molecule has 0 bridgehead atoms. The fourth-order valence-electron chi connectivity index (χ4n) is 2.30. The SMILES string of the molecule is CCNC(=NCCNc1ccccc1[N+](=O)[O-])NCCn1cccc1. The summed E-state index contributed by atoms with van der Waals surface area (Å²) in [6, 6.07) is 10.6. The first kappa shape index (κ1) is 18.3. The van der Waals surface area contributed by atoms with Crippen molar-refractivity contribution in [3.63, 3.8) is 0 Å². The van der Waals surface area contributed by atoms with E-state index in [1.54, 1.807) is 18.2 Å². The number of aliphatic imine (C=N–C) groups is 1. The number of benzene rings is 1. The number of aromatic nitrogens is 1. The summed E-state index contributed by atoms with van der Waals surface area (Å²) in [6.45, 7) is 5.41. The summed E-state index contributed by atoms with van der Waals surface area (Å²) in [4.78, 5) is 15.1. The molecule has 0 atom stereocenters. The van der Waals surface area contributed by atoms with Crippen LogP contribution in [0.3, 0.4) is 0 Å². The van der Waals surface area contributed by atoms with Gasteiger partial charge in [0.1, 0.15) is 5.69 Å². The van der Waals surface area contributed by atoms with Gasteiger partial charge >= 0.3 is 0 Å². The van der Waals surface area contributed by atoms with Gasteiger partial charge in [0.2, 0.25) is 0 Å². The van der Waals surface area contributed by atoms with Crippen molar-refractivity contribution in [2.45, 2.75) is 13.5 Å². The minimum Gasteiger partial charge on any atom is -0.378 e. The third kappa shape index (κ3) is 6.17. The Morgan fingerprint density at radius 3 is 2.64 bits per heavy atom. The Morgan fingerprint density at radius 1 is 1.16 bits per heavy atom. The molecule has 0 fully saturated rings. The maximum absolute atomic E-state index is 11.0. The third-order valence-electron chi connectivity index (χ3n) is 3.47. The van der Waals surface area contributed by atoms with Crippen molar-refractivity contribution in [2.24, 2.45) is 4.99 Å². The van der Waals surface area contributed by atoms with Crippen LogP contribution in [0.1, 0.15) is 6.92 Å². The van der Waals surface area contributed by atoms with Crippen molar-refractivity contribution >= 4 is 17.3 Å². The van der Waals surface area contributed by atoms with E-state index >= 15 is 0 Å². The summed E-state index contributed by atoms with van der Waals surface area (Å²) in [5.74, 6) is 0.735. The summed E-state index contributed by atoms with van der Waals surface area (Å²) < 4.78 is 2.09. The topological polar surface area (TPSA) is 96.5 Å². The van der Waals surface area contributed by atoms with Crippen molar-refractivity contribution in [3.05, 3.63) is 58.9 Å². The van der Waals surface area contributed by atoms with E-state index in [2.05, 4.69) is 25.5 Å². The normalized spacial score (nSPS) is 11.2. The molecule has 2 aromatic rings. The smallest absolute Gasteiger partial charge is 0.292 e. The number of nitro benzene ring substituents is 1. The number of hydrogen-bond donors (Lipinski definition) is 3. The molecular weight excluding hydrogens is 320 g/mol. The molecule has 0 radical (unpaired) electrons. The van der Waals surface area contributed by atoms with Crippen LogP contribution in [0.25, 0.3) is 0 Å². The van der Waals surface area contributed by atoms with Crippen molar-refractivity contribution in [1.82, 2.24) is 15.2 Å². The first-order chi connectivity index (χ1) is 12.2. The van der Waals surface area contributed by atoms with Gasteiger partial charge in [-0.2, -0.15) is 0 Å². The zero-order valence-electron chi connectivity index (χ0n) is 14.3. The number of nitrogens with zero attached hydrogens (tertiary/aromatic N) is 3. The van der Waals surface area contributed by atoms with Gasteiger partial charge in [-0.3, -0.25) is 15.1 Å². The van der Waals surface area contributed by atoms with Crippen LogP contribution in [0.4, 0.5) is 11.4 Å². The Labute approximate surface area is 147 Å². The van der Waals surface area contributed by atoms with Crippen molar-refractivity contribution in [3.8, 4) is 0 Å². The number of nitrogens with one attached hydrogen (secondary N) is 3. The molecular formula is C17H24N6O2. The highest BCUT2D eigenvalue weighted by atomic mass is 16.6. The molecule has 0 spiro atoms. The largest absolute Gasteiger partial charge is 0.378 e. The number of guanidine groups is 1. The summed E-state index contributed by atoms with van der Waals surface area (Å²) in [6.07, 6.45) is 4.03. The molecule has 0 aliphatic carbocycles. The van der Waals surface area contributed by atoms with Crippen LogP contribution in [0.15, 0.2) is 53.8 Å². The van der Waals surface area contributed by atoms with E-state index in [-0.39, 0.29) is 5.69 Å². The zero-order chi connectivity index (χ0) is 17.9. The number of anilines is 1. The van der Waals surface area contributed by atoms with Crippen LogP contribution < -0.4 is 16.0 Å². The molecule has 1 aromatic heterocycles. The van der Waals surface area contributed by atoms with Gasteiger partial charge in [0.05, 0.1) is 11.5 Å². The second-order valence-corrected chi connectivity index (χ2v) is 5.31. The van der Waals surface area contributed by atoms with Crippen LogP contribution in [0.5, 0.6) is 0 Å². The van der Waals surface area contributed by atoms with E-state index in [0.717, 1.165) is 25.6 Å². The molecule has 0 saturated heterocycles. The van der Waals surface area contributed by atoms with E-state index in [9.17, 15) is 10.1 Å². The van der Waals surface area contributed by atoms with Gasteiger partial charge in [-0.05, 0) is 25.1 Å². The molecule has 1 aromatic carbocycles. The zero-order valence-corrected chi connectivity index (χ0v) is 14.3. The lowest BCUT2D eigenvalue weighted by Gasteiger charge is -2.12. The first-order valence-electron chi connectivity index (χ1n) is 8.31. The Bertz CT molecular complexity index is 684. The highest BCUT2D eigenvalue weighted by molar-refractivity contribution is 5.79. The molecule has 0 aliphatic heterocycles. The van der Waals surface area contributed by atoms with Gasteiger partial charge in [-0.1, -0.05) is 12.1 Å². The summed E-state index contributed by atoms with van der Waals surface area (Å²) in [7, 11) is 0. The minimum absolute atomic E-state index is 0.0724. The van der Waals surface area contributed by atoms with E-state index in [1.165, 1.54) is 6.07 Å². The van der Waals surface area contributed by atoms with Gasteiger partial charge in [0.25, 0.3) is 5.69 Å². The standard InChI is InChI=1S/C17H24N6O2/c1-2-18-17(21-11-14-22-12-5-6-13-22)20-10-9-19-15-7-3-4-8-16(15)23(24)25/h3-8,12-13,19H,2,9-11,14H2,1H3,(H2,18,20,21). The summed E-state index contributed by atoms with van der Waals surface area (Å²) in [5.41, 5.74) is 0.580.